The molecule has 1 saturated heterocycles. The summed E-state index contributed by atoms with van der Waals surface area (Å²) in [5.41, 5.74) is 1.52. The Kier molecular flexibility index (Phi) is 7.44. The van der Waals surface area contributed by atoms with E-state index < -0.39 is 39.6 Å². The molecular weight excluding hydrogens is 471 g/mol. The van der Waals surface area contributed by atoms with Gasteiger partial charge in [0.2, 0.25) is 9.84 Å². The Hall–Kier alpha value is -2.91. The van der Waals surface area contributed by atoms with Gasteiger partial charge in [0.1, 0.15) is 11.7 Å². The fraction of sp³-hybridized carbons (Fsp3) is 0.304. The van der Waals surface area contributed by atoms with Crippen molar-refractivity contribution in [2.45, 2.75) is 37.6 Å². The first-order valence-corrected chi connectivity index (χ1v) is 12.2. The van der Waals surface area contributed by atoms with E-state index in [2.05, 4.69) is 10.6 Å². The molecule has 2 amide bonds. The van der Waals surface area contributed by atoms with Gasteiger partial charge < -0.3 is 15.4 Å². The van der Waals surface area contributed by atoms with E-state index in [1.165, 1.54) is 0 Å². The van der Waals surface area contributed by atoms with Gasteiger partial charge in [0.25, 0.3) is 0 Å². The van der Waals surface area contributed by atoms with Gasteiger partial charge in [-0.05, 0) is 42.2 Å². The lowest BCUT2D eigenvalue weighted by atomic mass is 9.88. The molecule has 176 valence electrons. The molecule has 1 aliphatic heterocycles. The Bertz CT molecular complexity index is 1200. The summed E-state index contributed by atoms with van der Waals surface area (Å²) in [7, 11) is -4.19. The number of carbonyl (C=O) groups is 2. The molecule has 2 aromatic carbocycles. The second kappa shape index (κ2) is 9.93. The van der Waals surface area contributed by atoms with E-state index in [1.807, 2.05) is 26.0 Å². The lowest BCUT2D eigenvalue weighted by molar-refractivity contribution is -0.147. The second-order valence-corrected chi connectivity index (χ2v) is 10.0. The van der Waals surface area contributed by atoms with Crippen LogP contribution in [0.1, 0.15) is 43.9 Å². The molecule has 0 aliphatic carbocycles. The predicted molar refractivity (Wildman–Crippen MR) is 122 cm³/mol. The van der Waals surface area contributed by atoms with Gasteiger partial charge in [-0.15, -0.1) is 0 Å². The van der Waals surface area contributed by atoms with Crippen LogP contribution < -0.4 is 10.6 Å². The number of rotatable bonds is 6. The highest BCUT2D eigenvalue weighted by atomic mass is 35.5. The van der Waals surface area contributed by atoms with Crippen LogP contribution in [0.4, 0.5) is 9.18 Å². The Balaban J connectivity index is 2.08. The van der Waals surface area contributed by atoms with Gasteiger partial charge >= 0.3 is 12.0 Å². The SMILES string of the molecule is CCOC(=O)[C@H]1/C(=C\S(=O)(=O)c2ccc(F)c(Cl)c2)NC(=O)N[C@@H]1c1ccc(C(C)C)cc1. The molecule has 1 fully saturated rings. The number of nitrogens with one attached hydrogen (secondary N) is 2. The fourth-order valence-electron chi connectivity index (χ4n) is 3.50. The summed E-state index contributed by atoms with van der Waals surface area (Å²) < 4.78 is 44.6. The monoisotopic (exact) mass is 494 g/mol. The number of benzene rings is 2. The van der Waals surface area contributed by atoms with Gasteiger partial charge in [0.05, 0.1) is 28.0 Å². The zero-order valence-electron chi connectivity index (χ0n) is 18.3. The van der Waals surface area contributed by atoms with E-state index in [0.29, 0.717) is 5.56 Å². The van der Waals surface area contributed by atoms with Crippen molar-refractivity contribution in [2.24, 2.45) is 5.92 Å². The van der Waals surface area contributed by atoms with Crippen LogP contribution in [-0.2, 0) is 19.4 Å². The molecule has 33 heavy (non-hydrogen) atoms. The number of hydrogen-bond acceptors (Lipinski definition) is 5. The molecule has 0 unspecified atom stereocenters. The molecule has 0 aromatic heterocycles. The topological polar surface area (TPSA) is 102 Å². The summed E-state index contributed by atoms with van der Waals surface area (Å²) in [6.45, 7) is 5.77. The highest BCUT2D eigenvalue weighted by Gasteiger charge is 2.40. The molecule has 0 bridgehead atoms. The molecule has 10 heteroatoms. The van der Waals surface area contributed by atoms with Crippen LogP contribution in [0.3, 0.4) is 0 Å². The zero-order chi connectivity index (χ0) is 24.3. The average molecular weight is 495 g/mol. The van der Waals surface area contributed by atoms with Crippen molar-refractivity contribution in [3.05, 3.63) is 75.5 Å². The molecular formula is C23H24ClFN2O5S. The standard InChI is InChI=1S/C23H24ClFN2O5S/c1-4-32-22(28)20-19(12-33(30,31)16-9-10-18(25)17(24)11-16)26-23(29)27-21(20)15-7-5-14(6-8-15)13(2)3/h5-13,20-21H,4H2,1-3H3,(H2,26,27,29)/b19-12+/t20-,21+/m0/s1. The van der Waals surface area contributed by atoms with E-state index in [4.69, 9.17) is 16.3 Å². The number of urea groups is 1. The summed E-state index contributed by atoms with van der Waals surface area (Å²) in [6, 6.07) is 8.74. The summed E-state index contributed by atoms with van der Waals surface area (Å²) in [5.74, 6) is -2.35. The Morgan fingerprint density at radius 2 is 1.88 bits per heavy atom. The molecule has 2 atom stereocenters. The van der Waals surface area contributed by atoms with Crippen molar-refractivity contribution >= 4 is 33.4 Å². The van der Waals surface area contributed by atoms with E-state index in [1.54, 1.807) is 19.1 Å². The van der Waals surface area contributed by atoms with Crippen LogP contribution in [0.2, 0.25) is 5.02 Å². The fourth-order valence-corrected chi connectivity index (χ4v) is 4.96. The van der Waals surface area contributed by atoms with E-state index in [9.17, 15) is 22.4 Å². The Morgan fingerprint density at radius 3 is 2.45 bits per heavy atom. The van der Waals surface area contributed by atoms with Crippen LogP contribution in [0.25, 0.3) is 0 Å². The second-order valence-electron chi connectivity index (χ2n) is 7.82. The number of hydrogen-bond donors (Lipinski definition) is 2. The van der Waals surface area contributed by atoms with Crippen LogP contribution in [0.15, 0.2) is 58.5 Å². The lowest BCUT2D eigenvalue weighted by Gasteiger charge is -2.33. The number of carbonyl (C=O) groups excluding carboxylic acids is 2. The highest BCUT2D eigenvalue weighted by Crippen LogP contribution is 2.33. The lowest BCUT2D eigenvalue weighted by Crippen LogP contribution is -2.51. The zero-order valence-corrected chi connectivity index (χ0v) is 19.8. The van der Waals surface area contributed by atoms with Gasteiger partial charge in [-0.3, -0.25) is 4.79 Å². The van der Waals surface area contributed by atoms with Crippen molar-refractivity contribution in [3.63, 3.8) is 0 Å². The van der Waals surface area contributed by atoms with Gasteiger partial charge in [-0.1, -0.05) is 49.7 Å². The molecule has 3 rings (SSSR count). The third-order valence-corrected chi connectivity index (χ3v) is 6.98. The molecule has 7 nitrogen and oxygen atoms in total. The number of ether oxygens (including phenoxy) is 1. The Labute approximate surface area is 196 Å². The van der Waals surface area contributed by atoms with Gasteiger partial charge in [-0.25, -0.2) is 17.6 Å². The van der Waals surface area contributed by atoms with Gasteiger partial charge in [-0.2, -0.15) is 0 Å². The maximum atomic E-state index is 13.5. The minimum Gasteiger partial charge on any atom is -0.465 e. The first kappa shape index (κ1) is 24.7. The van der Waals surface area contributed by atoms with Gasteiger partial charge in [0, 0.05) is 5.70 Å². The number of esters is 1. The maximum absolute atomic E-state index is 13.5. The van der Waals surface area contributed by atoms with Gasteiger partial charge in [0.15, 0.2) is 0 Å². The van der Waals surface area contributed by atoms with Crippen LogP contribution >= 0.6 is 11.6 Å². The average Bonchev–Trinajstić information content (AvgIpc) is 2.75. The summed E-state index contributed by atoms with van der Waals surface area (Å²) in [4.78, 5) is 25.0. The van der Waals surface area contributed by atoms with Crippen molar-refractivity contribution in [1.82, 2.24) is 10.6 Å². The molecule has 0 radical (unpaired) electrons. The van der Waals surface area contributed by atoms with Crippen LogP contribution in [0, 0.1) is 11.7 Å². The Morgan fingerprint density at radius 1 is 1.21 bits per heavy atom. The third kappa shape index (κ3) is 5.54. The van der Waals surface area contributed by atoms with Crippen LogP contribution in [-0.4, -0.2) is 27.0 Å². The van der Waals surface area contributed by atoms with Crippen molar-refractivity contribution in [2.75, 3.05) is 6.61 Å². The number of halogens is 2. The molecule has 0 saturated carbocycles. The molecule has 2 aromatic rings. The minimum atomic E-state index is -4.19. The van der Waals surface area contributed by atoms with E-state index in [0.717, 1.165) is 29.2 Å². The first-order chi connectivity index (χ1) is 15.5. The normalized spacial score (nSPS) is 19.8. The number of sulfone groups is 1. The van der Waals surface area contributed by atoms with E-state index >= 15 is 0 Å². The smallest absolute Gasteiger partial charge is 0.319 e. The van der Waals surface area contributed by atoms with Crippen molar-refractivity contribution in [1.29, 1.82) is 0 Å². The van der Waals surface area contributed by atoms with E-state index in [-0.39, 0.29) is 28.1 Å². The first-order valence-electron chi connectivity index (χ1n) is 10.3. The molecule has 0 spiro atoms. The third-order valence-electron chi connectivity index (χ3n) is 5.22. The molecule has 2 N–H and O–H groups in total. The molecule has 1 heterocycles. The summed E-state index contributed by atoms with van der Waals surface area (Å²) in [5, 5.41) is 5.51. The van der Waals surface area contributed by atoms with Crippen molar-refractivity contribution < 1.29 is 27.1 Å². The van der Waals surface area contributed by atoms with Crippen molar-refractivity contribution in [3.8, 4) is 0 Å². The summed E-state index contributed by atoms with van der Waals surface area (Å²) >= 11 is 5.73. The maximum Gasteiger partial charge on any atom is 0.319 e. The molecule has 1 aliphatic rings. The minimum absolute atomic E-state index is 0.0654. The predicted octanol–water partition coefficient (Wildman–Crippen LogP) is 4.45. The highest BCUT2D eigenvalue weighted by molar-refractivity contribution is 7.94. The quantitative estimate of drug-likeness (QED) is 0.456. The number of amides is 2. The summed E-state index contributed by atoms with van der Waals surface area (Å²) in [6.07, 6.45) is 0. The van der Waals surface area contributed by atoms with Crippen LogP contribution in [0.5, 0.6) is 0 Å². The largest absolute Gasteiger partial charge is 0.465 e.